The van der Waals surface area contributed by atoms with Crippen LogP contribution in [0.25, 0.3) is 0 Å². The van der Waals surface area contributed by atoms with Crippen molar-refractivity contribution in [2.75, 3.05) is 32.6 Å². The minimum atomic E-state index is -0.116. The molecular weight excluding hydrogens is 236 g/mol. The Hall–Kier alpha value is -0.260. The van der Waals surface area contributed by atoms with E-state index >= 15 is 0 Å². The maximum absolute atomic E-state index is 11.7. The zero-order valence-corrected chi connectivity index (χ0v) is 11.6. The fourth-order valence-electron chi connectivity index (χ4n) is 1.80. The van der Waals surface area contributed by atoms with Gasteiger partial charge in [-0.15, -0.1) is 0 Å². The summed E-state index contributed by atoms with van der Waals surface area (Å²) in [6, 6.07) is -0.116. The van der Waals surface area contributed by atoms with Gasteiger partial charge in [-0.05, 0) is 25.5 Å². The Labute approximate surface area is 108 Å². The first kappa shape index (κ1) is 14.8. The van der Waals surface area contributed by atoms with E-state index in [9.17, 15) is 4.79 Å². The molecule has 0 saturated carbocycles. The summed E-state index contributed by atoms with van der Waals surface area (Å²) in [4.78, 5) is 11.7. The molecule has 1 aliphatic heterocycles. The molecule has 17 heavy (non-hydrogen) atoms. The van der Waals surface area contributed by atoms with Gasteiger partial charge in [0.15, 0.2) is 0 Å². The number of ether oxygens (including phenoxy) is 1. The van der Waals surface area contributed by atoms with Crippen LogP contribution >= 0.6 is 11.8 Å². The number of thioether (sulfide) groups is 1. The van der Waals surface area contributed by atoms with Crippen LogP contribution in [0.15, 0.2) is 0 Å². The monoisotopic (exact) mass is 260 g/mol. The van der Waals surface area contributed by atoms with Crippen molar-refractivity contribution in [3.8, 4) is 0 Å². The highest BCUT2D eigenvalue weighted by atomic mass is 32.2. The molecule has 1 fully saturated rings. The number of methoxy groups -OCH3 is 1. The Bertz CT molecular complexity index is 221. The molecule has 1 saturated heterocycles. The van der Waals surface area contributed by atoms with E-state index in [1.807, 2.05) is 18.7 Å². The van der Waals surface area contributed by atoms with Crippen molar-refractivity contribution in [3.63, 3.8) is 0 Å². The second-order valence-corrected chi connectivity index (χ2v) is 5.81. The van der Waals surface area contributed by atoms with Crippen LogP contribution in [-0.2, 0) is 9.53 Å². The average Bonchev–Trinajstić information content (AvgIpc) is 2.37. The van der Waals surface area contributed by atoms with Gasteiger partial charge in [0.1, 0.15) is 0 Å². The average molecular weight is 260 g/mol. The summed E-state index contributed by atoms with van der Waals surface area (Å²) in [5, 5.41) is 6.82. The van der Waals surface area contributed by atoms with Crippen molar-refractivity contribution >= 4 is 17.7 Å². The lowest BCUT2D eigenvalue weighted by atomic mass is 10.2. The molecule has 100 valence electrons. The number of carbonyl (C=O) groups is 1. The molecule has 1 aliphatic rings. The van der Waals surface area contributed by atoms with Gasteiger partial charge in [0.05, 0.1) is 12.6 Å². The molecule has 4 nitrogen and oxygen atoms in total. The maximum Gasteiger partial charge on any atom is 0.236 e. The molecule has 1 rings (SSSR count). The molecule has 0 radical (unpaired) electrons. The summed E-state index contributed by atoms with van der Waals surface area (Å²) in [6.07, 6.45) is 3.94. The molecule has 0 bridgehead atoms. The van der Waals surface area contributed by atoms with Crippen LogP contribution in [0.3, 0.4) is 0 Å². The molecule has 2 atom stereocenters. The normalized spacial score (nSPS) is 22.1. The molecule has 0 aromatic heterocycles. The zero-order chi connectivity index (χ0) is 12.5. The number of rotatable bonds is 7. The molecule has 5 heteroatoms. The topological polar surface area (TPSA) is 50.4 Å². The van der Waals surface area contributed by atoms with Gasteiger partial charge in [-0.3, -0.25) is 4.79 Å². The third-order valence-corrected chi connectivity index (χ3v) is 4.32. The summed E-state index contributed by atoms with van der Waals surface area (Å²) in [5.74, 6) is 1.32. The zero-order valence-electron chi connectivity index (χ0n) is 10.8. The predicted octanol–water partition coefficient (Wildman–Crippen LogP) is 1.01. The van der Waals surface area contributed by atoms with E-state index in [1.165, 1.54) is 25.0 Å². The highest BCUT2D eigenvalue weighted by Crippen LogP contribution is 2.24. The molecule has 0 aliphatic carbocycles. The van der Waals surface area contributed by atoms with Crippen molar-refractivity contribution in [2.24, 2.45) is 0 Å². The fraction of sp³-hybridized carbons (Fsp3) is 0.917. The van der Waals surface area contributed by atoms with Gasteiger partial charge in [0.25, 0.3) is 0 Å². The summed E-state index contributed by atoms with van der Waals surface area (Å²) in [5.41, 5.74) is 0. The lowest BCUT2D eigenvalue weighted by molar-refractivity contribution is -0.122. The Morgan fingerprint density at radius 2 is 2.35 bits per heavy atom. The van der Waals surface area contributed by atoms with Crippen molar-refractivity contribution in [1.82, 2.24) is 10.6 Å². The van der Waals surface area contributed by atoms with E-state index in [-0.39, 0.29) is 11.9 Å². The second-order valence-electron chi connectivity index (χ2n) is 4.40. The van der Waals surface area contributed by atoms with Gasteiger partial charge in [-0.25, -0.2) is 0 Å². The number of hydrogen-bond donors (Lipinski definition) is 2. The Kier molecular flexibility index (Phi) is 7.64. The Morgan fingerprint density at radius 1 is 1.53 bits per heavy atom. The van der Waals surface area contributed by atoms with Crippen molar-refractivity contribution in [3.05, 3.63) is 0 Å². The van der Waals surface area contributed by atoms with Gasteiger partial charge in [-0.1, -0.05) is 6.42 Å². The second kappa shape index (κ2) is 8.78. The van der Waals surface area contributed by atoms with E-state index < -0.39 is 0 Å². The fourth-order valence-corrected chi connectivity index (χ4v) is 3.05. The van der Waals surface area contributed by atoms with Gasteiger partial charge in [-0.2, -0.15) is 11.8 Å². The summed E-state index contributed by atoms with van der Waals surface area (Å²) < 4.78 is 4.89. The number of carbonyl (C=O) groups excluding carboxylic acids is 1. The predicted molar refractivity (Wildman–Crippen MR) is 72.4 cm³/mol. The molecule has 2 N–H and O–H groups in total. The third-order valence-electron chi connectivity index (χ3n) is 2.92. The van der Waals surface area contributed by atoms with Crippen LogP contribution in [0.1, 0.15) is 26.2 Å². The third kappa shape index (κ3) is 6.29. The number of amides is 1. The minimum absolute atomic E-state index is 0.0582. The van der Waals surface area contributed by atoms with E-state index in [0.717, 1.165) is 6.54 Å². The van der Waals surface area contributed by atoms with Crippen molar-refractivity contribution in [2.45, 2.75) is 37.5 Å². The van der Waals surface area contributed by atoms with E-state index in [1.54, 1.807) is 7.11 Å². The van der Waals surface area contributed by atoms with Crippen LogP contribution < -0.4 is 10.6 Å². The van der Waals surface area contributed by atoms with Crippen LogP contribution in [0.5, 0.6) is 0 Å². The molecule has 1 amide bonds. The number of hydrogen-bond acceptors (Lipinski definition) is 4. The molecular formula is C12H24N2O2S. The van der Waals surface area contributed by atoms with Gasteiger partial charge in [0.2, 0.25) is 5.91 Å². The maximum atomic E-state index is 11.7. The lowest BCUT2D eigenvalue weighted by Gasteiger charge is -2.23. The molecule has 1 heterocycles. The molecule has 0 aromatic rings. The summed E-state index contributed by atoms with van der Waals surface area (Å²) in [6.45, 7) is 4.00. The number of nitrogens with one attached hydrogen (secondary N) is 2. The van der Waals surface area contributed by atoms with Gasteiger partial charge in [0, 0.05) is 25.4 Å². The smallest absolute Gasteiger partial charge is 0.236 e. The van der Waals surface area contributed by atoms with Crippen LogP contribution in [0.4, 0.5) is 0 Å². The largest absolute Gasteiger partial charge is 0.383 e. The van der Waals surface area contributed by atoms with Crippen LogP contribution in [-0.4, -0.2) is 49.8 Å². The SMILES string of the molecule is COCCNC(=O)C(C)NCC1CCCCS1. The van der Waals surface area contributed by atoms with E-state index in [4.69, 9.17) is 4.74 Å². The minimum Gasteiger partial charge on any atom is -0.383 e. The quantitative estimate of drug-likeness (QED) is 0.671. The first-order valence-corrected chi connectivity index (χ1v) is 7.40. The van der Waals surface area contributed by atoms with Crippen LogP contribution in [0.2, 0.25) is 0 Å². The summed E-state index contributed by atoms with van der Waals surface area (Å²) >= 11 is 2.02. The van der Waals surface area contributed by atoms with E-state index in [0.29, 0.717) is 18.4 Å². The van der Waals surface area contributed by atoms with Crippen molar-refractivity contribution in [1.29, 1.82) is 0 Å². The molecule has 2 unspecified atom stereocenters. The first-order valence-electron chi connectivity index (χ1n) is 6.35. The van der Waals surface area contributed by atoms with Crippen molar-refractivity contribution < 1.29 is 9.53 Å². The first-order chi connectivity index (χ1) is 8.24. The van der Waals surface area contributed by atoms with E-state index in [2.05, 4.69) is 10.6 Å². The van der Waals surface area contributed by atoms with Gasteiger partial charge < -0.3 is 15.4 Å². The highest BCUT2D eigenvalue weighted by Gasteiger charge is 2.17. The lowest BCUT2D eigenvalue weighted by Crippen LogP contribution is -2.45. The molecule has 0 aromatic carbocycles. The molecule has 0 spiro atoms. The Balaban J connectivity index is 2.10. The van der Waals surface area contributed by atoms with Crippen LogP contribution in [0, 0.1) is 0 Å². The van der Waals surface area contributed by atoms with Gasteiger partial charge >= 0.3 is 0 Å². The standard InChI is InChI=1S/C12H24N2O2S/c1-10(12(15)13-6-7-16-2)14-9-11-5-3-4-8-17-11/h10-11,14H,3-9H2,1-2H3,(H,13,15). The highest BCUT2D eigenvalue weighted by molar-refractivity contribution is 7.99. The Morgan fingerprint density at radius 3 is 3.00 bits per heavy atom. The summed E-state index contributed by atoms with van der Waals surface area (Å²) in [7, 11) is 1.63.